The molecular weight excluding hydrogens is 583 g/mol. The van der Waals surface area contributed by atoms with Crippen LogP contribution in [0.1, 0.15) is 5.56 Å². The van der Waals surface area contributed by atoms with Crippen LogP contribution in [-0.4, -0.2) is 64.0 Å². The zero-order chi connectivity index (χ0) is 31.9. The van der Waals surface area contributed by atoms with Crippen LogP contribution in [0.15, 0.2) is 66.7 Å². The highest BCUT2D eigenvalue weighted by Crippen LogP contribution is 2.68. The predicted molar refractivity (Wildman–Crippen MR) is 174 cm³/mol. The molecule has 9 nitrogen and oxygen atoms in total. The van der Waals surface area contributed by atoms with Crippen molar-refractivity contribution in [1.29, 1.82) is 0 Å². The summed E-state index contributed by atoms with van der Waals surface area (Å²) >= 11 is 0. The van der Waals surface area contributed by atoms with E-state index >= 15 is 0 Å². The lowest BCUT2D eigenvalue weighted by Crippen LogP contribution is -2.37. The predicted octanol–water partition coefficient (Wildman–Crippen LogP) is 5.26. The van der Waals surface area contributed by atoms with E-state index in [4.69, 9.17) is 42.6 Å². The molecule has 4 rings (SSSR count). The van der Waals surface area contributed by atoms with E-state index in [9.17, 15) is 0 Å². The third kappa shape index (κ3) is 5.84. The van der Waals surface area contributed by atoms with Gasteiger partial charge in [-0.2, -0.15) is 0 Å². The van der Waals surface area contributed by atoms with Gasteiger partial charge in [-0.15, -0.1) is 0 Å². The fraction of sp³-hybridized carbons (Fsp3) is 0.294. The molecule has 10 heteroatoms. The summed E-state index contributed by atoms with van der Waals surface area (Å²) in [5.74, 6) is 5.00. The van der Waals surface area contributed by atoms with Gasteiger partial charge in [0.25, 0.3) is 0 Å². The zero-order valence-electron chi connectivity index (χ0n) is 26.7. The van der Waals surface area contributed by atoms with Gasteiger partial charge in [0.05, 0.1) is 70.2 Å². The van der Waals surface area contributed by atoms with Crippen LogP contribution in [0.5, 0.6) is 51.7 Å². The van der Waals surface area contributed by atoms with Gasteiger partial charge in [0, 0.05) is 36.4 Å². The van der Waals surface area contributed by atoms with E-state index in [2.05, 4.69) is 12.1 Å². The fourth-order valence-electron chi connectivity index (χ4n) is 5.52. The van der Waals surface area contributed by atoms with Gasteiger partial charge in [-0.25, -0.2) is 0 Å². The van der Waals surface area contributed by atoms with Crippen molar-refractivity contribution in [2.45, 2.75) is 6.16 Å². The lowest BCUT2D eigenvalue weighted by atomic mass is 10.2. The minimum absolute atomic E-state index is 0.477. The molecule has 0 spiro atoms. The lowest BCUT2D eigenvalue weighted by molar-refractivity contribution is 0.378. The Kier molecular flexibility index (Phi) is 10.6. The van der Waals surface area contributed by atoms with Crippen LogP contribution in [0.25, 0.3) is 0 Å². The third-order valence-corrected chi connectivity index (χ3v) is 11.9. The number of rotatable bonds is 14. The van der Waals surface area contributed by atoms with E-state index in [1.54, 1.807) is 64.0 Å². The molecule has 0 aliphatic heterocycles. The second-order valence-electron chi connectivity index (χ2n) is 9.60. The molecule has 0 aliphatic carbocycles. The van der Waals surface area contributed by atoms with Gasteiger partial charge in [-0.3, -0.25) is 0 Å². The molecule has 0 aliphatic rings. The van der Waals surface area contributed by atoms with Crippen LogP contribution in [0.4, 0.5) is 0 Å². The van der Waals surface area contributed by atoms with Crippen molar-refractivity contribution < 1.29 is 42.6 Å². The maximum atomic E-state index is 6.16. The molecule has 0 N–H and O–H groups in total. The standard InChI is InChI=1S/C34H40O9P/c1-35-23-15-26(38-4)32(27(16-23)39-5)44(21-22-13-11-10-12-14-22,33-28(40-6)17-24(36-2)18-29(33)41-7)34-30(42-8)19-25(37-3)20-31(34)43-9/h10-20H,21H2,1-9H3/q+1. The first-order valence-corrected chi connectivity index (χ1v) is 15.7. The van der Waals surface area contributed by atoms with E-state index in [1.807, 2.05) is 54.6 Å². The molecule has 234 valence electrons. The van der Waals surface area contributed by atoms with Gasteiger partial charge in [-0.05, 0) is 5.56 Å². The highest BCUT2D eigenvalue weighted by molar-refractivity contribution is 7.96. The number of hydrogen-bond donors (Lipinski definition) is 0. The smallest absolute Gasteiger partial charge is 0.189 e. The summed E-state index contributed by atoms with van der Waals surface area (Å²) in [6.07, 6.45) is 0.477. The summed E-state index contributed by atoms with van der Waals surface area (Å²) in [4.78, 5) is 0. The maximum absolute atomic E-state index is 6.16. The van der Waals surface area contributed by atoms with Crippen LogP contribution in [-0.2, 0) is 6.16 Å². The van der Waals surface area contributed by atoms with Crippen LogP contribution in [0.2, 0.25) is 0 Å². The molecule has 0 atom stereocenters. The second kappa shape index (κ2) is 14.3. The average Bonchev–Trinajstić information content (AvgIpc) is 3.09. The monoisotopic (exact) mass is 623 g/mol. The second-order valence-corrected chi connectivity index (χ2v) is 12.9. The van der Waals surface area contributed by atoms with Crippen molar-refractivity contribution in [2.75, 3.05) is 64.0 Å². The van der Waals surface area contributed by atoms with Crippen LogP contribution < -0.4 is 58.5 Å². The van der Waals surface area contributed by atoms with Crippen LogP contribution in [0, 0.1) is 0 Å². The van der Waals surface area contributed by atoms with Crippen LogP contribution >= 0.6 is 7.26 Å². The molecule has 0 fully saturated rings. The average molecular weight is 624 g/mol. The summed E-state index contributed by atoms with van der Waals surface area (Å²) in [5, 5.41) is 2.32. The van der Waals surface area contributed by atoms with Gasteiger partial charge in [0.2, 0.25) is 0 Å². The summed E-state index contributed by atoms with van der Waals surface area (Å²) in [7, 11) is 11.4. The first kappa shape index (κ1) is 32.4. The van der Waals surface area contributed by atoms with Crippen molar-refractivity contribution in [1.82, 2.24) is 0 Å². The Bertz CT molecular complexity index is 1340. The normalized spacial score (nSPS) is 10.9. The van der Waals surface area contributed by atoms with Gasteiger partial charge in [-0.1, -0.05) is 30.3 Å². The molecule has 0 unspecified atom stereocenters. The van der Waals surface area contributed by atoms with Gasteiger partial charge in [0.15, 0.2) is 50.4 Å². The Morgan fingerprint density at radius 3 is 0.886 bits per heavy atom. The van der Waals surface area contributed by atoms with E-state index in [0.717, 1.165) is 21.5 Å². The van der Waals surface area contributed by atoms with Gasteiger partial charge >= 0.3 is 0 Å². The first-order valence-electron chi connectivity index (χ1n) is 13.7. The maximum Gasteiger partial charge on any atom is 0.189 e. The Labute approximate surface area is 259 Å². The summed E-state index contributed by atoms with van der Waals surface area (Å²) in [5.41, 5.74) is 1.04. The Hall–Kier alpha value is -4.49. The number of ether oxygens (including phenoxy) is 9. The molecule has 0 heterocycles. The SMILES string of the molecule is COc1cc(OC)c([P+](Cc2ccccc2)(c2c(OC)cc(OC)cc2OC)c2c(OC)cc(OC)cc2OC)c(OC)c1. The molecule has 0 bridgehead atoms. The minimum atomic E-state index is -3.11. The Balaban J connectivity index is 2.41. The molecule has 0 saturated carbocycles. The molecule has 4 aromatic carbocycles. The lowest BCUT2D eigenvalue weighted by Gasteiger charge is -2.33. The van der Waals surface area contributed by atoms with Crippen molar-refractivity contribution in [3.63, 3.8) is 0 Å². The van der Waals surface area contributed by atoms with Crippen LogP contribution in [0.3, 0.4) is 0 Å². The topological polar surface area (TPSA) is 83.1 Å². The van der Waals surface area contributed by atoms with E-state index < -0.39 is 7.26 Å². The largest absolute Gasteiger partial charge is 0.496 e. The third-order valence-electron chi connectivity index (χ3n) is 7.47. The van der Waals surface area contributed by atoms with Crippen molar-refractivity contribution in [3.8, 4) is 51.7 Å². The molecular formula is C34H40O9P+. The quantitative estimate of drug-likeness (QED) is 0.175. The van der Waals surface area contributed by atoms with E-state index in [-0.39, 0.29) is 0 Å². The van der Waals surface area contributed by atoms with Crippen molar-refractivity contribution in [3.05, 3.63) is 72.3 Å². The van der Waals surface area contributed by atoms with Crippen molar-refractivity contribution >= 4 is 23.2 Å². The number of methoxy groups -OCH3 is 9. The molecule has 0 aromatic heterocycles. The highest BCUT2D eigenvalue weighted by atomic mass is 31.2. The van der Waals surface area contributed by atoms with Gasteiger partial charge < -0.3 is 42.6 Å². The van der Waals surface area contributed by atoms with Crippen molar-refractivity contribution in [2.24, 2.45) is 0 Å². The van der Waals surface area contributed by atoms with E-state index in [0.29, 0.717) is 57.9 Å². The first-order chi connectivity index (χ1) is 21.4. The Morgan fingerprint density at radius 1 is 0.386 bits per heavy atom. The van der Waals surface area contributed by atoms with Gasteiger partial charge in [0.1, 0.15) is 24.5 Å². The molecule has 0 saturated heterocycles. The number of hydrogen-bond acceptors (Lipinski definition) is 9. The molecule has 4 aromatic rings. The molecule has 0 radical (unpaired) electrons. The highest BCUT2D eigenvalue weighted by Gasteiger charge is 2.58. The summed E-state index contributed by atoms with van der Waals surface area (Å²) in [6, 6.07) is 21.3. The summed E-state index contributed by atoms with van der Waals surface area (Å²) < 4.78 is 53.9. The minimum Gasteiger partial charge on any atom is -0.496 e. The van der Waals surface area contributed by atoms with E-state index in [1.165, 1.54) is 0 Å². The molecule has 0 amide bonds. The summed E-state index contributed by atoms with van der Waals surface area (Å²) in [6.45, 7) is 0. The zero-order valence-corrected chi connectivity index (χ0v) is 27.6. The molecule has 44 heavy (non-hydrogen) atoms. The number of benzene rings is 4. The fourth-order valence-corrected chi connectivity index (χ4v) is 10.6. The Morgan fingerprint density at radius 2 is 0.659 bits per heavy atom.